The van der Waals surface area contributed by atoms with Crippen LogP contribution in [0.25, 0.3) is 0 Å². The zero-order valence-electron chi connectivity index (χ0n) is 21.1. The number of fused-ring (bicyclic) bond motifs is 5. The minimum atomic E-state index is -0.446. The Hall–Kier alpha value is -1.86. The van der Waals surface area contributed by atoms with E-state index in [-0.39, 0.29) is 5.91 Å². The number of nitrogens with zero attached hydrogens (tertiary/aromatic N) is 1. The van der Waals surface area contributed by atoms with Crippen LogP contribution in [0.15, 0.2) is 24.3 Å². The Morgan fingerprint density at radius 3 is 2.56 bits per heavy atom. The molecule has 4 aliphatic carbocycles. The highest BCUT2D eigenvalue weighted by Crippen LogP contribution is 2.64. The fourth-order valence-electron chi connectivity index (χ4n) is 9.25. The summed E-state index contributed by atoms with van der Waals surface area (Å²) in [7, 11) is 0. The van der Waals surface area contributed by atoms with Crippen LogP contribution >= 0.6 is 0 Å². The van der Waals surface area contributed by atoms with Crippen molar-refractivity contribution in [2.24, 2.45) is 40.9 Å². The highest BCUT2D eigenvalue weighted by molar-refractivity contribution is 5.94. The number of benzene rings is 1. The van der Waals surface area contributed by atoms with Crippen molar-refractivity contribution >= 4 is 5.91 Å². The molecule has 4 nitrogen and oxygen atoms in total. The average molecular weight is 463 g/mol. The van der Waals surface area contributed by atoms with E-state index < -0.39 is 5.60 Å². The van der Waals surface area contributed by atoms with Crippen LogP contribution in [0.5, 0.6) is 0 Å². The van der Waals surface area contributed by atoms with Gasteiger partial charge >= 0.3 is 0 Å². The van der Waals surface area contributed by atoms with E-state index in [9.17, 15) is 9.90 Å². The van der Waals surface area contributed by atoms with Crippen LogP contribution in [0.4, 0.5) is 0 Å². The molecular weight excluding hydrogens is 420 g/mol. The molecule has 184 valence electrons. The minimum absolute atomic E-state index is 0.0127. The first-order valence-corrected chi connectivity index (χ1v) is 13.9. The van der Waals surface area contributed by atoms with Crippen molar-refractivity contribution in [1.29, 1.82) is 5.26 Å². The topological polar surface area (TPSA) is 73.1 Å². The lowest BCUT2D eigenvalue weighted by Gasteiger charge is -2.62. The number of hydrogen-bond acceptors (Lipinski definition) is 3. The fourth-order valence-corrected chi connectivity index (χ4v) is 9.25. The van der Waals surface area contributed by atoms with Crippen LogP contribution in [-0.2, 0) is 0 Å². The molecule has 1 aromatic carbocycles. The van der Waals surface area contributed by atoms with Crippen molar-refractivity contribution in [2.45, 2.75) is 90.1 Å². The van der Waals surface area contributed by atoms with E-state index in [1.165, 1.54) is 57.8 Å². The molecule has 0 bridgehead atoms. The molecule has 4 heteroatoms. The maximum Gasteiger partial charge on any atom is 0.251 e. The van der Waals surface area contributed by atoms with Crippen LogP contribution in [0, 0.1) is 52.3 Å². The molecule has 34 heavy (non-hydrogen) atoms. The highest BCUT2D eigenvalue weighted by atomic mass is 16.3. The number of aliphatic hydroxyl groups is 1. The smallest absolute Gasteiger partial charge is 0.251 e. The highest BCUT2D eigenvalue weighted by Gasteiger charge is 2.57. The van der Waals surface area contributed by atoms with Crippen molar-refractivity contribution in [2.75, 3.05) is 6.54 Å². The summed E-state index contributed by atoms with van der Waals surface area (Å²) in [6, 6.07) is 9.09. The predicted molar refractivity (Wildman–Crippen MR) is 134 cm³/mol. The summed E-state index contributed by atoms with van der Waals surface area (Å²) in [6.07, 6.45) is 13.6. The fraction of sp³-hybridized carbons (Fsp3) is 0.733. The molecule has 2 N–H and O–H groups in total. The average Bonchev–Trinajstić information content (AvgIpc) is 2.85. The van der Waals surface area contributed by atoms with Gasteiger partial charge in [0.25, 0.3) is 5.91 Å². The van der Waals surface area contributed by atoms with Gasteiger partial charge in [0.15, 0.2) is 0 Å². The second-order valence-electron chi connectivity index (χ2n) is 12.3. The van der Waals surface area contributed by atoms with E-state index in [1.54, 1.807) is 24.3 Å². The molecule has 8 atom stereocenters. The maximum atomic E-state index is 12.9. The van der Waals surface area contributed by atoms with Gasteiger partial charge in [-0.3, -0.25) is 4.79 Å². The maximum absolute atomic E-state index is 12.9. The van der Waals surface area contributed by atoms with E-state index in [1.807, 2.05) is 0 Å². The van der Waals surface area contributed by atoms with E-state index in [4.69, 9.17) is 5.26 Å². The molecule has 0 spiro atoms. The molecule has 0 unspecified atom stereocenters. The largest absolute Gasteiger partial charge is 0.390 e. The van der Waals surface area contributed by atoms with Crippen molar-refractivity contribution in [3.8, 4) is 6.07 Å². The Balaban J connectivity index is 1.29. The summed E-state index contributed by atoms with van der Waals surface area (Å²) < 4.78 is 0. The lowest BCUT2D eigenvalue weighted by atomic mass is 9.44. The van der Waals surface area contributed by atoms with Gasteiger partial charge in [0.2, 0.25) is 0 Å². The Labute approximate surface area is 205 Å². The zero-order chi connectivity index (χ0) is 23.9. The molecule has 4 fully saturated rings. The SMILES string of the molecule is CC[C@]12CC[C@H]3[C@@H](CC[C@@H]4C[C@](C)(O)CC[C@@H]43)[C@@H]1CCC[C@@H]2CNC(=O)c1ccc(C#N)cc1. The number of nitriles is 1. The lowest BCUT2D eigenvalue weighted by molar-refractivity contribution is -0.133. The van der Waals surface area contributed by atoms with Gasteiger partial charge in [-0.25, -0.2) is 0 Å². The summed E-state index contributed by atoms with van der Waals surface area (Å²) in [5.41, 5.74) is 1.15. The van der Waals surface area contributed by atoms with Crippen molar-refractivity contribution in [3.05, 3.63) is 35.4 Å². The molecule has 0 saturated heterocycles. The third-order valence-electron chi connectivity index (χ3n) is 10.8. The summed E-state index contributed by atoms with van der Waals surface area (Å²) in [5.74, 6) is 4.59. The quantitative estimate of drug-likeness (QED) is 0.569. The minimum Gasteiger partial charge on any atom is -0.390 e. The van der Waals surface area contributed by atoms with Gasteiger partial charge in [-0.15, -0.1) is 0 Å². The number of rotatable bonds is 4. The van der Waals surface area contributed by atoms with Crippen molar-refractivity contribution in [1.82, 2.24) is 5.32 Å². The number of hydrogen-bond donors (Lipinski definition) is 2. The van der Waals surface area contributed by atoms with Gasteiger partial charge in [0.05, 0.1) is 17.2 Å². The molecule has 4 aliphatic rings. The number of nitrogens with one attached hydrogen (secondary N) is 1. The Morgan fingerprint density at radius 1 is 1.06 bits per heavy atom. The molecule has 0 heterocycles. The van der Waals surface area contributed by atoms with E-state index >= 15 is 0 Å². The van der Waals surface area contributed by atoms with Gasteiger partial charge in [-0.05, 0) is 136 Å². The Bertz CT molecular complexity index is 932. The molecular formula is C30H42N2O2. The first kappa shape index (κ1) is 23.9. The summed E-state index contributed by atoms with van der Waals surface area (Å²) >= 11 is 0. The molecule has 1 amide bonds. The number of amides is 1. The van der Waals surface area contributed by atoms with E-state index in [0.29, 0.717) is 22.5 Å². The van der Waals surface area contributed by atoms with Crippen LogP contribution < -0.4 is 5.32 Å². The van der Waals surface area contributed by atoms with Gasteiger partial charge in [-0.1, -0.05) is 13.3 Å². The third-order valence-corrected chi connectivity index (χ3v) is 10.8. The first-order valence-electron chi connectivity index (χ1n) is 13.9. The number of carbonyl (C=O) groups excluding carboxylic acids is 1. The Kier molecular flexibility index (Phi) is 6.53. The second kappa shape index (κ2) is 9.30. The Morgan fingerprint density at radius 2 is 1.82 bits per heavy atom. The third kappa shape index (κ3) is 4.19. The standard InChI is InChI=1S/C30H42N2O2/c1-3-30-16-14-25-24-13-15-29(2,34)17-22(24)11-12-26(25)27(30)6-4-5-23(30)19-32-28(33)21-9-7-20(18-31)8-10-21/h7-10,22-27,34H,3-6,11-17,19H2,1-2H3,(H,32,33)/t22-,23-,24+,25-,26-,27+,29-,30-/m1/s1. The molecule has 0 radical (unpaired) electrons. The van der Waals surface area contributed by atoms with Crippen LogP contribution in [-0.4, -0.2) is 23.2 Å². The molecule has 0 aliphatic heterocycles. The van der Waals surface area contributed by atoms with E-state index in [2.05, 4.69) is 25.2 Å². The monoisotopic (exact) mass is 462 g/mol. The normalized spacial score (nSPS) is 41.4. The van der Waals surface area contributed by atoms with Gasteiger partial charge in [0.1, 0.15) is 0 Å². The summed E-state index contributed by atoms with van der Waals surface area (Å²) in [6.45, 7) is 5.23. The van der Waals surface area contributed by atoms with Crippen molar-refractivity contribution < 1.29 is 9.90 Å². The molecule has 5 rings (SSSR count). The number of carbonyl (C=O) groups is 1. The van der Waals surface area contributed by atoms with E-state index in [0.717, 1.165) is 49.0 Å². The second-order valence-corrected chi connectivity index (χ2v) is 12.3. The predicted octanol–water partition coefficient (Wildman–Crippen LogP) is 6.09. The lowest BCUT2D eigenvalue weighted by Crippen LogP contribution is -2.56. The van der Waals surface area contributed by atoms with Crippen LogP contribution in [0.1, 0.15) is 100 Å². The molecule has 1 aromatic rings. The summed E-state index contributed by atoms with van der Waals surface area (Å²) in [4.78, 5) is 12.9. The van der Waals surface area contributed by atoms with Gasteiger partial charge in [-0.2, -0.15) is 5.26 Å². The first-order chi connectivity index (χ1) is 16.4. The van der Waals surface area contributed by atoms with Crippen LogP contribution in [0.3, 0.4) is 0 Å². The molecule has 0 aromatic heterocycles. The van der Waals surface area contributed by atoms with Gasteiger partial charge in [0, 0.05) is 12.1 Å². The zero-order valence-corrected chi connectivity index (χ0v) is 21.1. The van der Waals surface area contributed by atoms with Crippen LogP contribution in [0.2, 0.25) is 0 Å². The molecule has 4 saturated carbocycles. The van der Waals surface area contributed by atoms with Crippen molar-refractivity contribution in [3.63, 3.8) is 0 Å². The van der Waals surface area contributed by atoms with Gasteiger partial charge < -0.3 is 10.4 Å². The summed E-state index contributed by atoms with van der Waals surface area (Å²) in [5, 5.41) is 23.0.